The number of hydrogen-bond acceptors (Lipinski definition) is 3. The summed E-state index contributed by atoms with van der Waals surface area (Å²) in [6.45, 7) is 0. The van der Waals surface area contributed by atoms with Crippen LogP contribution in [0.4, 0.5) is 34.1 Å². The molecule has 2 fully saturated rings. The molecule has 11 aromatic rings. The van der Waals surface area contributed by atoms with E-state index < -0.39 is 0 Å². The molecule has 2 bridgehead atoms. The standard InChI is InChI=1S/C67H52N2O/c1-5-16-47(17-6-1)62-45-65(50-32-36-56(37-33-50)69(54-23-11-4-12-24-54)58-38-39-60-59-26-13-14-27-66(59)70-67(60)43-58)63(48-18-7-2-8-19-48)44-64(62)49-30-34-55(35-31-49)68(53-21-9-3-10-22-53)57-25-15-20-51(42-57)61-41-46-28-29-52(61)40-46/h1-27,30-39,42-46,52,61H,28-29,40-41H2. The molecule has 2 saturated carbocycles. The van der Waals surface area contributed by atoms with Gasteiger partial charge in [0, 0.05) is 51.0 Å². The molecule has 0 amide bonds. The second-order valence-electron chi connectivity index (χ2n) is 19.3. The first-order chi connectivity index (χ1) is 34.7. The predicted molar refractivity (Wildman–Crippen MR) is 293 cm³/mol. The summed E-state index contributed by atoms with van der Waals surface area (Å²) in [4.78, 5) is 4.74. The van der Waals surface area contributed by atoms with E-state index in [0.29, 0.717) is 5.92 Å². The van der Waals surface area contributed by atoms with Crippen LogP contribution in [0.5, 0.6) is 0 Å². The maximum Gasteiger partial charge on any atom is 0.137 e. The van der Waals surface area contributed by atoms with Crippen LogP contribution in [-0.2, 0) is 0 Å². The van der Waals surface area contributed by atoms with Gasteiger partial charge in [-0.1, -0.05) is 158 Å². The number of para-hydroxylation sites is 3. The van der Waals surface area contributed by atoms with Gasteiger partial charge in [0.05, 0.1) is 0 Å². The van der Waals surface area contributed by atoms with Gasteiger partial charge in [0.2, 0.25) is 0 Å². The van der Waals surface area contributed by atoms with Crippen molar-refractivity contribution < 1.29 is 4.42 Å². The van der Waals surface area contributed by atoms with Crippen LogP contribution in [0.15, 0.2) is 253 Å². The fourth-order valence-corrected chi connectivity index (χ4v) is 11.8. The van der Waals surface area contributed by atoms with Crippen molar-refractivity contribution in [3.8, 4) is 44.5 Å². The van der Waals surface area contributed by atoms with Gasteiger partial charge < -0.3 is 14.2 Å². The molecule has 10 aromatic carbocycles. The molecule has 0 N–H and O–H groups in total. The zero-order valence-electron chi connectivity index (χ0n) is 39.0. The number of benzene rings is 10. The third-order valence-corrected chi connectivity index (χ3v) is 15.1. The highest BCUT2D eigenvalue weighted by atomic mass is 16.3. The van der Waals surface area contributed by atoms with E-state index in [2.05, 4.69) is 246 Å². The Bertz CT molecular complexity index is 3600. The van der Waals surface area contributed by atoms with E-state index in [4.69, 9.17) is 4.42 Å². The maximum atomic E-state index is 6.39. The summed E-state index contributed by atoms with van der Waals surface area (Å²) in [5, 5.41) is 2.24. The molecule has 336 valence electrons. The highest BCUT2D eigenvalue weighted by Crippen LogP contribution is 2.54. The first-order valence-electron chi connectivity index (χ1n) is 24.9. The van der Waals surface area contributed by atoms with E-state index in [1.807, 2.05) is 12.1 Å². The quantitative estimate of drug-likeness (QED) is 0.129. The lowest BCUT2D eigenvalue weighted by Gasteiger charge is -2.28. The summed E-state index contributed by atoms with van der Waals surface area (Å²) in [5.41, 5.74) is 19.4. The van der Waals surface area contributed by atoms with Crippen molar-refractivity contribution in [2.75, 3.05) is 9.80 Å². The van der Waals surface area contributed by atoms with E-state index in [1.165, 1.54) is 75.9 Å². The Morgan fingerprint density at radius 1 is 0.314 bits per heavy atom. The lowest BCUT2D eigenvalue weighted by atomic mass is 9.83. The van der Waals surface area contributed by atoms with Crippen LogP contribution in [0.25, 0.3) is 66.4 Å². The normalized spacial score (nSPS) is 16.2. The molecule has 0 spiro atoms. The zero-order chi connectivity index (χ0) is 46.4. The maximum absolute atomic E-state index is 6.39. The fourth-order valence-electron chi connectivity index (χ4n) is 11.8. The van der Waals surface area contributed by atoms with Gasteiger partial charge in [-0.2, -0.15) is 0 Å². The molecular formula is C67H52N2O. The van der Waals surface area contributed by atoms with E-state index in [-0.39, 0.29) is 0 Å². The lowest BCUT2D eigenvalue weighted by Crippen LogP contribution is -2.12. The third-order valence-electron chi connectivity index (χ3n) is 15.1. The average Bonchev–Trinajstić information content (AvgIpc) is 4.18. The van der Waals surface area contributed by atoms with Crippen molar-refractivity contribution in [3.05, 3.63) is 254 Å². The van der Waals surface area contributed by atoms with Crippen molar-refractivity contribution in [2.24, 2.45) is 11.8 Å². The Hall–Kier alpha value is -8.40. The van der Waals surface area contributed by atoms with Gasteiger partial charge in [0.15, 0.2) is 0 Å². The number of hydrogen-bond donors (Lipinski definition) is 0. The van der Waals surface area contributed by atoms with Crippen molar-refractivity contribution in [3.63, 3.8) is 0 Å². The van der Waals surface area contributed by atoms with Crippen molar-refractivity contribution in [2.45, 2.75) is 31.6 Å². The summed E-state index contributed by atoms with van der Waals surface area (Å²) in [5.74, 6) is 2.40. The summed E-state index contributed by atoms with van der Waals surface area (Å²) in [6.07, 6.45) is 5.53. The van der Waals surface area contributed by atoms with E-state index in [1.54, 1.807) is 0 Å². The van der Waals surface area contributed by atoms with Crippen molar-refractivity contribution >= 4 is 56.1 Å². The van der Waals surface area contributed by atoms with Gasteiger partial charge >= 0.3 is 0 Å². The van der Waals surface area contributed by atoms with Gasteiger partial charge in [-0.25, -0.2) is 0 Å². The van der Waals surface area contributed by atoms with Gasteiger partial charge in [0.25, 0.3) is 0 Å². The van der Waals surface area contributed by atoms with Gasteiger partial charge in [-0.3, -0.25) is 0 Å². The molecule has 0 saturated heterocycles. The van der Waals surface area contributed by atoms with E-state index >= 15 is 0 Å². The summed E-state index contributed by atoms with van der Waals surface area (Å²) in [6, 6.07) is 90.5. The minimum absolute atomic E-state index is 0.670. The molecule has 0 radical (unpaired) electrons. The van der Waals surface area contributed by atoms with Crippen LogP contribution in [0.2, 0.25) is 0 Å². The molecule has 1 heterocycles. The van der Waals surface area contributed by atoms with Crippen LogP contribution in [0.1, 0.15) is 37.2 Å². The predicted octanol–water partition coefficient (Wildman–Crippen LogP) is 19.1. The van der Waals surface area contributed by atoms with E-state index in [0.717, 1.165) is 67.8 Å². The second-order valence-corrected chi connectivity index (χ2v) is 19.3. The van der Waals surface area contributed by atoms with Gasteiger partial charge in [-0.05, 0) is 178 Å². The molecule has 70 heavy (non-hydrogen) atoms. The molecule has 3 unspecified atom stereocenters. The van der Waals surface area contributed by atoms with Crippen LogP contribution in [-0.4, -0.2) is 0 Å². The summed E-state index contributed by atoms with van der Waals surface area (Å²) in [7, 11) is 0. The minimum atomic E-state index is 0.670. The van der Waals surface area contributed by atoms with Crippen LogP contribution in [0, 0.1) is 11.8 Å². The lowest BCUT2D eigenvalue weighted by molar-refractivity contribution is 0.420. The van der Waals surface area contributed by atoms with E-state index in [9.17, 15) is 0 Å². The molecule has 2 aliphatic carbocycles. The third kappa shape index (κ3) is 7.74. The largest absolute Gasteiger partial charge is 0.456 e. The number of anilines is 6. The molecule has 1 aromatic heterocycles. The SMILES string of the molecule is c1ccc(-c2cc(-c3ccc(N(c4ccccc4)c4ccc5c(c4)oc4ccccc45)cc3)c(-c3ccccc3)cc2-c2ccc(N(c3ccccc3)c3cccc(C4CC5CCC4C5)c3)cc2)cc1. The molecule has 3 nitrogen and oxygen atoms in total. The number of furan rings is 1. The smallest absolute Gasteiger partial charge is 0.137 e. The molecular weight excluding hydrogens is 849 g/mol. The van der Waals surface area contributed by atoms with Crippen molar-refractivity contribution in [1.29, 1.82) is 0 Å². The van der Waals surface area contributed by atoms with Gasteiger partial charge in [-0.15, -0.1) is 0 Å². The fraction of sp³-hybridized carbons (Fsp3) is 0.104. The number of nitrogens with zero attached hydrogens (tertiary/aromatic N) is 2. The van der Waals surface area contributed by atoms with Crippen molar-refractivity contribution in [1.82, 2.24) is 0 Å². The Balaban J connectivity index is 0.906. The summed E-state index contributed by atoms with van der Waals surface area (Å²) >= 11 is 0. The Labute approximate surface area is 410 Å². The second kappa shape index (κ2) is 17.9. The number of fused-ring (bicyclic) bond motifs is 5. The molecule has 3 atom stereocenters. The Morgan fingerprint density at radius 3 is 1.29 bits per heavy atom. The molecule has 3 heteroatoms. The zero-order valence-corrected chi connectivity index (χ0v) is 39.0. The first-order valence-corrected chi connectivity index (χ1v) is 24.9. The van der Waals surface area contributed by atoms with Crippen LogP contribution >= 0.6 is 0 Å². The highest BCUT2D eigenvalue weighted by molar-refractivity contribution is 6.06. The van der Waals surface area contributed by atoms with Crippen LogP contribution in [0.3, 0.4) is 0 Å². The average molecular weight is 901 g/mol. The first kappa shape index (κ1) is 41.8. The monoisotopic (exact) mass is 900 g/mol. The minimum Gasteiger partial charge on any atom is -0.456 e. The topological polar surface area (TPSA) is 19.6 Å². The molecule has 2 aliphatic rings. The highest BCUT2D eigenvalue weighted by Gasteiger charge is 2.40. The van der Waals surface area contributed by atoms with Gasteiger partial charge in [0.1, 0.15) is 11.2 Å². The Morgan fingerprint density at radius 2 is 0.757 bits per heavy atom. The summed E-state index contributed by atoms with van der Waals surface area (Å²) < 4.78 is 6.39. The van der Waals surface area contributed by atoms with Crippen LogP contribution < -0.4 is 9.80 Å². The molecule has 0 aliphatic heterocycles. The molecule has 13 rings (SSSR count). The number of rotatable bonds is 11. The Kier molecular flexibility index (Phi) is 10.7.